The van der Waals surface area contributed by atoms with E-state index in [1.807, 2.05) is 15.6 Å². The first-order valence-corrected chi connectivity index (χ1v) is 6.73. The summed E-state index contributed by atoms with van der Waals surface area (Å²) in [5.41, 5.74) is 0.975. The number of nitrogens with one attached hydrogen (secondary N) is 1. The molecular formula is C12H19N7. The summed E-state index contributed by atoms with van der Waals surface area (Å²) in [5, 5.41) is 15.9. The lowest BCUT2D eigenvalue weighted by molar-refractivity contribution is 0.485. The Morgan fingerprint density at radius 2 is 2.26 bits per heavy atom. The van der Waals surface area contributed by atoms with Crippen LogP contribution in [0.1, 0.15) is 44.2 Å². The van der Waals surface area contributed by atoms with Crippen LogP contribution in [0.25, 0.3) is 0 Å². The van der Waals surface area contributed by atoms with Crippen molar-refractivity contribution < 1.29 is 0 Å². The van der Waals surface area contributed by atoms with Crippen LogP contribution < -0.4 is 5.32 Å². The summed E-state index contributed by atoms with van der Waals surface area (Å²) in [5.74, 6) is 0.904. The Morgan fingerprint density at radius 1 is 1.42 bits per heavy atom. The molecule has 1 saturated carbocycles. The molecule has 0 radical (unpaired) electrons. The summed E-state index contributed by atoms with van der Waals surface area (Å²) in [4.78, 5) is 4.27. The lowest BCUT2D eigenvalue weighted by Crippen LogP contribution is -2.15. The quantitative estimate of drug-likeness (QED) is 0.830. The lowest BCUT2D eigenvalue weighted by Gasteiger charge is -2.08. The van der Waals surface area contributed by atoms with Gasteiger partial charge in [-0.15, -0.1) is 5.10 Å². The van der Waals surface area contributed by atoms with E-state index in [9.17, 15) is 0 Å². The average Bonchev–Trinajstić information content (AvgIpc) is 2.91. The average molecular weight is 261 g/mol. The van der Waals surface area contributed by atoms with E-state index in [0.29, 0.717) is 18.6 Å². The largest absolute Gasteiger partial charge is 0.308 e. The third-order valence-corrected chi connectivity index (χ3v) is 3.18. The Balaban J connectivity index is 1.63. The summed E-state index contributed by atoms with van der Waals surface area (Å²) in [7, 11) is 0. The molecular weight excluding hydrogens is 242 g/mol. The Labute approximate surface area is 112 Å². The molecule has 0 aliphatic heterocycles. The zero-order valence-electron chi connectivity index (χ0n) is 11.3. The zero-order valence-corrected chi connectivity index (χ0v) is 11.3. The molecule has 2 heterocycles. The van der Waals surface area contributed by atoms with Gasteiger partial charge < -0.3 is 5.32 Å². The fraction of sp³-hybridized carbons (Fsp3) is 0.667. The third kappa shape index (κ3) is 2.98. The van der Waals surface area contributed by atoms with Gasteiger partial charge in [-0.2, -0.15) is 5.10 Å². The van der Waals surface area contributed by atoms with Crippen molar-refractivity contribution in [1.29, 1.82) is 0 Å². The standard InChI is InChI=1S/C12H19N7/c1-9(2)19-12(14-8-15-19)7-18-6-11(16-17-18)5-13-10-3-4-10/h6,8-10,13H,3-5,7H2,1-2H3. The van der Waals surface area contributed by atoms with Gasteiger partial charge in [0.2, 0.25) is 0 Å². The van der Waals surface area contributed by atoms with Crippen LogP contribution in [0.2, 0.25) is 0 Å². The highest BCUT2D eigenvalue weighted by Crippen LogP contribution is 2.18. The fourth-order valence-corrected chi connectivity index (χ4v) is 2.00. The van der Waals surface area contributed by atoms with E-state index in [1.165, 1.54) is 12.8 Å². The van der Waals surface area contributed by atoms with Gasteiger partial charge in [0.05, 0.1) is 11.9 Å². The highest BCUT2D eigenvalue weighted by atomic mass is 15.4. The minimum absolute atomic E-state index is 0.303. The maximum Gasteiger partial charge on any atom is 0.148 e. The molecule has 1 fully saturated rings. The monoisotopic (exact) mass is 261 g/mol. The molecule has 0 amide bonds. The molecule has 7 nitrogen and oxygen atoms in total. The molecule has 1 aliphatic rings. The molecule has 0 saturated heterocycles. The van der Waals surface area contributed by atoms with Crippen LogP contribution in [0.15, 0.2) is 12.5 Å². The molecule has 0 unspecified atom stereocenters. The van der Waals surface area contributed by atoms with Crippen molar-refractivity contribution in [3.63, 3.8) is 0 Å². The molecule has 102 valence electrons. The molecule has 19 heavy (non-hydrogen) atoms. The summed E-state index contributed by atoms with van der Waals surface area (Å²) in [6, 6.07) is 0.992. The molecule has 3 rings (SSSR count). The number of rotatable bonds is 6. The molecule has 2 aromatic heterocycles. The number of nitrogens with zero attached hydrogens (tertiary/aromatic N) is 6. The minimum atomic E-state index is 0.303. The first-order chi connectivity index (χ1) is 9.22. The van der Waals surface area contributed by atoms with Crippen molar-refractivity contribution in [2.24, 2.45) is 0 Å². The minimum Gasteiger partial charge on any atom is -0.308 e. The summed E-state index contributed by atoms with van der Waals surface area (Å²) in [6.07, 6.45) is 6.12. The normalized spacial score (nSPS) is 15.3. The highest BCUT2D eigenvalue weighted by molar-refractivity contribution is 4.96. The van der Waals surface area contributed by atoms with Gasteiger partial charge in [0.1, 0.15) is 18.7 Å². The summed E-state index contributed by atoms with van der Waals surface area (Å²) < 4.78 is 3.72. The van der Waals surface area contributed by atoms with Crippen LogP contribution in [0.4, 0.5) is 0 Å². The molecule has 2 aromatic rings. The van der Waals surface area contributed by atoms with Crippen LogP contribution in [0, 0.1) is 0 Å². The van der Waals surface area contributed by atoms with Crippen LogP contribution in [-0.4, -0.2) is 35.8 Å². The smallest absolute Gasteiger partial charge is 0.148 e. The molecule has 7 heteroatoms. The Kier molecular flexibility index (Phi) is 3.29. The van der Waals surface area contributed by atoms with E-state index in [0.717, 1.165) is 18.1 Å². The molecule has 0 bridgehead atoms. The zero-order chi connectivity index (χ0) is 13.2. The second-order valence-electron chi connectivity index (χ2n) is 5.28. The molecule has 0 aromatic carbocycles. The van der Waals surface area contributed by atoms with Crippen molar-refractivity contribution in [3.8, 4) is 0 Å². The van der Waals surface area contributed by atoms with E-state index in [2.05, 4.69) is 39.6 Å². The molecule has 0 atom stereocenters. The van der Waals surface area contributed by atoms with Crippen molar-refractivity contribution in [2.75, 3.05) is 0 Å². The maximum absolute atomic E-state index is 4.27. The highest BCUT2D eigenvalue weighted by Gasteiger charge is 2.20. The second kappa shape index (κ2) is 5.08. The van der Waals surface area contributed by atoms with Crippen LogP contribution in [0.5, 0.6) is 0 Å². The van der Waals surface area contributed by atoms with Gasteiger partial charge >= 0.3 is 0 Å². The van der Waals surface area contributed by atoms with Crippen LogP contribution in [-0.2, 0) is 13.1 Å². The summed E-state index contributed by atoms with van der Waals surface area (Å²) in [6.45, 7) is 5.57. The number of aromatic nitrogens is 6. The van der Waals surface area contributed by atoms with Gasteiger partial charge in [0.15, 0.2) is 0 Å². The van der Waals surface area contributed by atoms with Gasteiger partial charge in [-0.3, -0.25) is 0 Å². The maximum atomic E-state index is 4.27. The Morgan fingerprint density at radius 3 is 3.00 bits per heavy atom. The van der Waals surface area contributed by atoms with Gasteiger partial charge in [-0.05, 0) is 26.7 Å². The lowest BCUT2D eigenvalue weighted by atomic mass is 10.4. The van der Waals surface area contributed by atoms with E-state index in [4.69, 9.17) is 0 Å². The van der Waals surface area contributed by atoms with E-state index in [-0.39, 0.29) is 0 Å². The molecule has 1 aliphatic carbocycles. The van der Waals surface area contributed by atoms with Crippen molar-refractivity contribution in [1.82, 2.24) is 35.1 Å². The van der Waals surface area contributed by atoms with Crippen molar-refractivity contribution in [2.45, 2.75) is 51.9 Å². The number of hydrogen-bond donors (Lipinski definition) is 1. The van der Waals surface area contributed by atoms with Gasteiger partial charge in [0.25, 0.3) is 0 Å². The van der Waals surface area contributed by atoms with Gasteiger partial charge in [0, 0.05) is 18.6 Å². The second-order valence-corrected chi connectivity index (χ2v) is 5.28. The van der Waals surface area contributed by atoms with E-state index < -0.39 is 0 Å². The first kappa shape index (κ1) is 12.3. The SMILES string of the molecule is CC(C)n1ncnc1Cn1cc(CNC2CC2)nn1. The van der Waals surface area contributed by atoms with E-state index >= 15 is 0 Å². The van der Waals surface area contributed by atoms with Gasteiger partial charge in [-0.1, -0.05) is 5.21 Å². The van der Waals surface area contributed by atoms with Crippen LogP contribution in [0.3, 0.4) is 0 Å². The van der Waals surface area contributed by atoms with Crippen LogP contribution >= 0.6 is 0 Å². The topological polar surface area (TPSA) is 73.5 Å². The predicted molar refractivity (Wildman–Crippen MR) is 69.4 cm³/mol. The third-order valence-electron chi connectivity index (χ3n) is 3.18. The summed E-state index contributed by atoms with van der Waals surface area (Å²) >= 11 is 0. The predicted octanol–water partition coefficient (Wildman–Crippen LogP) is 0.751. The number of hydrogen-bond acceptors (Lipinski definition) is 5. The molecule has 0 spiro atoms. The van der Waals surface area contributed by atoms with E-state index in [1.54, 1.807) is 6.33 Å². The Hall–Kier alpha value is -1.76. The van der Waals surface area contributed by atoms with Crippen molar-refractivity contribution >= 4 is 0 Å². The van der Waals surface area contributed by atoms with Gasteiger partial charge in [-0.25, -0.2) is 14.3 Å². The fourth-order valence-electron chi connectivity index (χ4n) is 2.00. The first-order valence-electron chi connectivity index (χ1n) is 6.73. The molecule has 1 N–H and O–H groups in total. The van der Waals surface area contributed by atoms with Crippen molar-refractivity contribution in [3.05, 3.63) is 24.0 Å². The Bertz CT molecular complexity index is 538.